The van der Waals surface area contributed by atoms with E-state index in [1.165, 1.54) is 6.07 Å². The van der Waals surface area contributed by atoms with Gasteiger partial charge in [0, 0.05) is 5.56 Å². The maximum atomic E-state index is 11.9. The summed E-state index contributed by atoms with van der Waals surface area (Å²) >= 11 is 0. The molecule has 0 atom stereocenters. The highest BCUT2D eigenvalue weighted by atomic mass is 16.5. The lowest BCUT2D eigenvalue weighted by atomic mass is 10.1. The van der Waals surface area contributed by atoms with Gasteiger partial charge in [0.05, 0.1) is 11.6 Å². The summed E-state index contributed by atoms with van der Waals surface area (Å²) in [6.45, 7) is -0.0537. The van der Waals surface area contributed by atoms with Gasteiger partial charge in [-0.1, -0.05) is 36.4 Å². The molecule has 0 spiro atoms. The van der Waals surface area contributed by atoms with E-state index in [1.807, 2.05) is 36.4 Å². The van der Waals surface area contributed by atoms with Crippen LogP contribution in [0.5, 0.6) is 0 Å². The average Bonchev–Trinajstić information content (AvgIpc) is 2.58. The molecule has 0 saturated carbocycles. The topological polar surface area (TPSA) is 79.2 Å². The molecule has 1 amide bonds. The monoisotopic (exact) mass is 294 g/mol. The minimum Gasteiger partial charge on any atom is -0.460 e. The number of carbonyl (C=O) groups is 2. The zero-order valence-corrected chi connectivity index (χ0v) is 11.8. The van der Waals surface area contributed by atoms with Crippen LogP contribution < -0.4 is 5.32 Å². The van der Waals surface area contributed by atoms with Crippen LogP contribution in [0.3, 0.4) is 0 Å². The van der Waals surface area contributed by atoms with Crippen molar-refractivity contribution in [1.82, 2.24) is 5.32 Å². The van der Waals surface area contributed by atoms with Gasteiger partial charge in [-0.2, -0.15) is 5.26 Å². The zero-order valence-electron chi connectivity index (χ0n) is 11.8. The Hall–Kier alpha value is -3.13. The van der Waals surface area contributed by atoms with E-state index in [0.29, 0.717) is 11.1 Å². The molecule has 0 fully saturated rings. The van der Waals surface area contributed by atoms with Gasteiger partial charge in [-0.05, 0) is 23.8 Å². The molecule has 2 rings (SSSR count). The van der Waals surface area contributed by atoms with E-state index >= 15 is 0 Å². The molecular formula is C17H14N2O3. The Morgan fingerprint density at radius 1 is 1.09 bits per heavy atom. The van der Waals surface area contributed by atoms with Gasteiger partial charge in [0.2, 0.25) is 0 Å². The first-order valence-electron chi connectivity index (χ1n) is 6.67. The number of nitrogens with one attached hydrogen (secondary N) is 1. The third kappa shape index (κ3) is 4.46. The van der Waals surface area contributed by atoms with Crippen molar-refractivity contribution in [1.29, 1.82) is 5.26 Å². The standard InChI is InChI=1S/C17H14N2O3/c18-10-14-7-4-8-15(9-14)17(21)19-11-16(20)22-12-13-5-2-1-3-6-13/h1-9H,11-12H2,(H,19,21). The predicted octanol–water partition coefficient (Wildman–Crippen LogP) is 2.03. The van der Waals surface area contributed by atoms with Crippen LogP contribution in [0.4, 0.5) is 0 Å². The highest BCUT2D eigenvalue weighted by molar-refractivity contribution is 5.96. The highest BCUT2D eigenvalue weighted by Crippen LogP contribution is 2.04. The number of hydrogen-bond acceptors (Lipinski definition) is 4. The average molecular weight is 294 g/mol. The predicted molar refractivity (Wildman–Crippen MR) is 79.7 cm³/mol. The summed E-state index contributed by atoms with van der Waals surface area (Å²) in [6.07, 6.45) is 0. The number of rotatable bonds is 5. The molecular weight excluding hydrogens is 280 g/mol. The third-order valence-corrected chi connectivity index (χ3v) is 2.89. The quantitative estimate of drug-likeness (QED) is 0.856. The minimum atomic E-state index is -0.520. The Morgan fingerprint density at radius 3 is 2.59 bits per heavy atom. The molecule has 2 aromatic rings. The lowest BCUT2D eigenvalue weighted by Crippen LogP contribution is -2.30. The van der Waals surface area contributed by atoms with Gasteiger partial charge < -0.3 is 10.1 Å². The maximum absolute atomic E-state index is 11.9. The molecule has 110 valence electrons. The second-order valence-electron chi connectivity index (χ2n) is 4.52. The van der Waals surface area contributed by atoms with Gasteiger partial charge in [0.1, 0.15) is 13.2 Å². The summed E-state index contributed by atoms with van der Waals surface area (Å²) < 4.78 is 5.05. The second kappa shape index (κ2) is 7.60. The van der Waals surface area contributed by atoms with Crippen molar-refractivity contribution in [2.45, 2.75) is 6.61 Å². The molecule has 0 saturated heterocycles. The van der Waals surface area contributed by atoms with E-state index in [1.54, 1.807) is 18.2 Å². The number of carbonyl (C=O) groups excluding carboxylic acids is 2. The fraction of sp³-hybridized carbons (Fsp3) is 0.118. The minimum absolute atomic E-state index is 0.166. The van der Waals surface area contributed by atoms with Crippen LogP contribution in [-0.2, 0) is 16.1 Å². The molecule has 0 aromatic heterocycles. The molecule has 0 unspecified atom stereocenters. The van der Waals surface area contributed by atoms with Gasteiger partial charge in [-0.25, -0.2) is 0 Å². The summed E-state index contributed by atoms with van der Waals surface area (Å²) in [5, 5.41) is 11.2. The van der Waals surface area contributed by atoms with E-state index in [9.17, 15) is 9.59 Å². The second-order valence-corrected chi connectivity index (χ2v) is 4.52. The van der Waals surface area contributed by atoms with E-state index < -0.39 is 11.9 Å². The third-order valence-electron chi connectivity index (χ3n) is 2.89. The number of ether oxygens (including phenoxy) is 1. The van der Waals surface area contributed by atoms with Crippen LogP contribution in [0.15, 0.2) is 54.6 Å². The van der Waals surface area contributed by atoms with Crippen molar-refractivity contribution in [2.24, 2.45) is 0 Å². The van der Waals surface area contributed by atoms with Crippen LogP contribution in [-0.4, -0.2) is 18.4 Å². The first-order valence-corrected chi connectivity index (χ1v) is 6.67. The van der Waals surface area contributed by atoms with Crippen LogP contribution >= 0.6 is 0 Å². The number of esters is 1. The number of amides is 1. The highest BCUT2D eigenvalue weighted by Gasteiger charge is 2.09. The van der Waals surface area contributed by atoms with Gasteiger partial charge in [0.25, 0.3) is 5.91 Å². The van der Waals surface area contributed by atoms with Crippen LogP contribution in [0, 0.1) is 11.3 Å². The van der Waals surface area contributed by atoms with Crippen LogP contribution in [0.1, 0.15) is 21.5 Å². The molecule has 0 bridgehead atoms. The van der Waals surface area contributed by atoms with Crippen molar-refractivity contribution >= 4 is 11.9 Å². The van der Waals surface area contributed by atoms with Gasteiger partial charge in [-0.3, -0.25) is 9.59 Å². The molecule has 22 heavy (non-hydrogen) atoms. The van der Waals surface area contributed by atoms with E-state index in [2.05, 4.69) is 5.32 Å². The Morgan fingerprint density at radius 2 is 1.86 bits per heavy atom. The van der Waals surface area contributed by atoms with Gasteiger partial charge in [-0.15, -0.1) is 0 Å². The van der Waals surface area contributed by atoms with Gasteiger partial charge in [0.15, 0.2) is 0 Å². The first-order chi connectivity index (χ1) is 10.7. The fourth-order valence-electron chi connectivity index (χ4n) is 1.77. The lowest BCUT2D eigenvalue weighted by Gasteiger charge is -2.07. The number of nitrogens with zero attached hydrogens (tertiary/aromatic N) is 1. The molecule has 2 aromatic carbocycles. The largest absolute Gasteiger partial charge is 0.460 e. The SMILES string of the molecule is N#Cc1cccc(C(=O)NCC(=O)OCc2ccccc2)c1. The first kappa shape index (κ1) is 15.3. The summed E-state index contributed by atoms with van der Waals surface area (Å²) in [5.41, 5.74) is 1.60. The molecule has 1 N–H and O–H groups in total. The molecule has 5 heteroatoms. The Kier molecular flexibility index (Phi) is 5.27. The Labute approximate surface area is 128 Å². The van der Waals surface area contributed by atoms with Gasteiger partial charge >= 0.3 is 5.97 Å². The van der Waals surface area contributed by atoms with Crippen molar-refractivity contribution in [3.05, 3.63) is 71.3 Å². The molecule has 0 radical (unpaired) electrons. The Balaban J connectivity index is 1.80. The van der Waals surface area contributed by atoms with Crippen LogP contribution in [0.25, 0.3) is 0 Å². The van der Waals surface area contributed by atoms with E-state index in [-0.39, 0.29) is 13.2 Å². The molecule has 0 aliphatic rings. The normalized spacial score (nSPS) is 9.59. The van der Waals surface area contributed by atoms with Crippen LogP contribution in [0.2, 0.25) is 0 Å². The number of benzene rings is 2. The van der Waals surface area contributed by atoms with Crippen molar-refractivity contribution in [2.75, 3.05) is 6.54 Å². The van der Waals surface area contributed by atoms with Crippen molar-refractivity contribution < 1.29 is 14.3 Å². The number of hydrogen-bond donors (Lipinski definition) is 1. The van der Waals surface area contributed by atoms with Crippen molar-refractivity contribution in [3.8, 4) is 6.07 Å². The smallest absolute Gasteiger partial charge is 0.325 e. The summed E-state index contributed by atoms with van der Waals surface area (Å²) in [6, 6.07) is 17.5. The zero-order chi connectivity index (χ0) is 15.8. The summed E-state index contributed by atoms with van der Waals surface area (Å²) in [5.74, 6) is -0.942. The summed E-state index contributed by atoms with van der Waals surface area (Å²) in [7, 11) is 0. The fourth-order valence-corrected chi connectivity index (χ4v) is 1.77. The maximum Gasteiger partial charge on any atom is 0.325 e. The number of nitriles is 1. The van der Waals surface area contributed by atoms with Crippen molar-refractivity contribution in [3.63, 3.8) is 0 Å². The molecule has 5 nitrogen and oxygen atoms in total. The summed E-state index contributed by atoms with van der Waals surface area (Å²) in [4.78, 5) is 23.4. The molecule has 0 aliphatic heterocycles. The Bertz CT molecular complexity index is 705. The van der Waals surface area contributed by atoms with E-state index in [4.69, 9.17) is 10.00 Å². The molecule has 0 aliphatic carbocycles. The lowest BCUT2D eigenvalue weighted by molar-refractivity contribution is -0.143. The van der Waals surface area contributed by atoms with E-state index in [0.717, 1.165) is 5.56 Å². The molecule has 0 heterocycles.